The van der Waals surface area contributed by atoms with Gasteiger partial charge in [-0.2, -0.15) is 0 Å². The summed E-state index contributed by atoms with van der Waals surface area (Å²) in [5.74, 6) is 0. The van der Waals surface area contributed by atoms with Crippen molar-refractivity contribution >= 4 is 22.7 Å². The summed E-state index contributed by atoms with van der Waals surface area (Å²) in [7, 11) is 0. The van der Waals surface area contributed by atoms with Gasteiger partial charge in [-0.1, -0.05) is 12.1 Å². The monoisotopic (exact) mass is 249 g/mol. The first-order valence-electron chi connectivity index (χ1n) is 4.88. The van der Waals surface area contributed by atoms with Crippen LogP contribution in [-0.2, 0) is 0 Å². The highest BCUT2D eigenvalue weighted by Gasteiger charge is 2.02. The molecule has 0 bridgehead atoms. The van der Waals surface area contributed by atoms with E-state index in [-0.39, 0.29) is 12.4 Å². The lowest BCUT2D eigenvalue weighted by atomic mass is 10.0. The molecule has 2 aromatic rings. The molecule has 0 amide bonds. The lowest BCUT2D eigenvalue weighted by molar-refractivity contribution is -0.00000328. The molecule has 5 heteroatoms. The van der Waals surface area contributed by atoms with Gasteiger partial charge in [0.15, 0.2) is 0 Å². The van der Waals surface area contributed by atoms with Crippen LogP contribution in [0.4, 0.5) is 22.7 Å². The molecule has 17 heavy (non-hydrogen) atoms. The van der Waals surface area contributed by atoms with E-state index < -0.39 is 0 Å². The van der Waals surface area contributed by atoms with E-state index in [1.807, 2.05) is 24.3 Å². The number of halogens is 1. The van der Waals surface area contributed by atoms with Crippen molar-refractivity contribution in [1.29, 1.82) is 0 Å². The van der Waals surface area contributed by atoms with E-state index in [2.05, 4.69) is 0 Å². The predicted molar refractivity (Wildman–Crippen MR) is 69.5 cm³/mol. The Kier molecular flexibility index (Phi) is 3.70. The molecule has 0 spiro atoms. The van der Waals surface area contributed by atoms with Gasteiger partial charge in [0.05, 0.1) is 22.7 Å². The lowest BCUT2D eigenvalue weighted by Gasteiger charge is -2.07. The van der Waals surface area contributed by atoms with Crippen LogP contribution >= 0.6 is 0 Å². The van der Waals surface area contributed by atoms with Crippen molar-refractivity contribution in [2.24, 2.45) is 0 Å². The van der Waals surface area contributed by atoms with Crippen LogP contribution in [0, 0.1) is 0 Å². The number of rotatable bonds is 1. The Morgan fingerprint density at radius 3 is 1.18 bits per heavy atom. The summed E-state index contributed by atoms with van der Waals surface area (Å²) >= 11 is 0. The minimum atomic E-state index is 0. The molecule has 0 saturated carbocycles. The van der Waals surface area contributed by atoms with Gasteiger partial charge < -0.3 is 35.3 Å². The maximum absolute atomic E-state index is 5.74. The summed E-state index contributed by atoms with van der Waals surface area (Å²) in [5, 5.41) is 0. The molecule has 0 aliphatic carbocycles. The molecule has 2 rings (SSSR count). The summed E-state index contributed by atoms with van der Waals surface area (Å²) in [6, 6.07) is 11.0. The summed E-state index contributed by atoms with van der Waals surface area (Å²) in [5.41, 5.74) is 27.0. The van der Waals surface area contributed by atoms with Gasteiger partial charge in [0.1, 0.15) is 0 Å². The molecule has 0 aromatic heterocycles. The van der Waals surface area contributed by atoms with Crippen LogP contribution in [-0.4, -0.2) is 0 Å². The van der Waals surface area contributed by atoms with Crippen LogP contribution in [0.15, 0.2) is 36.4 Å². The second-order valence-corrected chi connectivity index (χ2v) is 3.69. The van der Waals surface area contributed by atoms with E-state index in [0.29, 0.717) is 22.7 Å². The fourth-order valence-corrected chi connectivity index (χ4v) is 1.51. The van der Waals surface area contributed by atoms with E-state index in [4.69, 9.17) is 22.9 Å². The zero-order valence-electron chi connectivity index (χ0n) is 9.15. The standard InChI is InChI=1S/C12H14N4.ClH/c13-9-3-1-7(5-11(9)15)8-2-4-10(14)12(16)6-8;/h1-6H,13-16H2;1H/p-1. The Bertz CT molecular complexity index is 491. The van der Waals surface area contributed by atoms with Gasteiger partial charge in [0.25, 0.3) is 0 Å². The van der Waals surface area contributed by atoms with Crippen molar-refractivity contribution in [2.45, 2.75) is 0 Å². The molecule has 8 N–H and O–H groups in total. The third kappa shape index (κ3) is 2.54. The summed E-state index contributed by atoms with van der Waals surface area (Å²) in [6.07, 6.45) is 0. The lowest BCUT2D eigenvalue weighted by Crippen LogP contribution is -3.00. The average molecular weight is 250 g/mol. The van der Waals surface area contributed by atoms with Crippen LogP contribution < -0.4 is 35.3 Å². The van der Waals surface area contributed by atoms with E-state index >= 15 is 0 Å². The van der Waals surface area contributed by atoms with Gasteiger partial charge >= 0.3 is 0 Å². The zero-order chi connectivity index (χ0) is 11.7. The van der Waals surface area contributed by atoms with Crippen LogP contribution in [0.2, 0.25) is 0 Å². The van der Waals surface area contributed by atoms with Crippen molar-refractivity contribution in [2.75, 3.05) is 22.9 Å². The first kappa shape index (κ1) is 13.0. The molecule has 0 aliphatic rings. The normalized spacial score (nSPS) is 9.65. The third-order valence-corrected chi connectivity index (χ3v) is 2.51. The minimum absolute atomic E-state index is 0. The molecule has 0 saturated heterocycles. The molecule has 0 atom stereocenters. The Morgan fingerprint density at radius 1 is 0.529 bits per heavy atom. The number of nitrogens with two attached hydrogens (primary N) is 4. The summed E-state index contributed by atoms with van der Waals surface area (Å²) in [4.78, 5) is 0. The van der Waals surface area contributed by atoms with Crippen LogP contribution in [0.5, 0.6) is 0 Å². The fraction of sp³-hybridized carbons (Fsp3) is 0. The Balaban J connectivity index is 0.00000144. The summed E-state index contributed by atoms with van der Waals surface area (Å²) < 4.78 is 0. The second-order valence-electron chi connectivity index (χ2n) is 3.69. The molecule has 0 heterocycles. The number of nitrogen functional groups attached to an aromatic ring is 4. The first-order chi connectivity index (χ1) is 7.58. The number of hydrogen-bond acceptors (Lipinski definition) is 4. The summed E-state index contributed by atoms with van der Waals surface area (Å²) in [6.45, 7) is 0. The minimum Gasteiger partial charge on any atom is -1.00 e. The van der Waals surface area contributed by atoms with Gasteiger partial charge in [0, 0.05) is 0 Å². The van der Waals surface area contributed by atoms with E-state index in [9.17, 15) is 0 Å². The second kappa shape index (κ2) is 4.84. The van der Waals surface area contributed by atoms with Crippen LogP contribution in [0.1, 0.15) is 0 Å². The quantitative estimate of drug-likeness (QED) is 0.471. The van der Waals surface area contributed by atoms with Crippen molar-refractivity contribution in [3.05, 3.63) is 36.4 Å². The SMILES string of the molecule is Nc1ccc(-c2ccc(N)c(N)c2)cc1N.[Cl-]. The zero-order valence-corrected chi connectivity index (χ0v) is 9.91. The smallest absolute Gasteiger partial charge is 0.0554 e. The first-order valence-corrected chi connectivity index (χ1v) is 4.88. The van der Waals surface area contributed by atoms with E-state index in [0.717, 1.165) is 11.1 Å². The molecule has 0 radical (unpaired) electrons. The maximum Gasteiger partial charge on any atom is 0.0554 e. The predicted octanol–water partition coefficient (Wildman–Crippen LogP) is -1.31. The molecule has 0 fully saturated rings. The van der Waals surface area contributed by atoms with Crippen LogP contribution in [0.3, 0.4) is 0 Å². The van der Waals surface area contributed by atoms with Gasteiger partial charge in [-0.25, -0.2) is 0 Å². The molecular weight excluding hydrogens is 236 g/mol. The highest BCUT2D eigenvalue weighted by atomic mass is 35.5. The Labute approximate surface area is 106 Å². The van der Waals surface area contributed by atoms with Crippen molar-refractivity contribution in [1.82, 2.24) is 0 Å². The van der Waals surface area contributed by atoms with Gasteiger partial charge in [-0.3, -0.25) is 0 Å². The number of hydrogen-bond donors (Lipinski definition) is 4. The molecular formula is C12H14ClN4-. The molecule has 0 aliphatic heterocycles. The third-order valence-electron chi connectivity index (χ3n) is 2.51. The average Bonchev–Trinajstić information content (AvgIpc) is 2.26. The number of anilines is 4. The largest absolute Gasteiger partial charge is 1.00 e. The molecule has 4 nitrogen and oxygen atoms in total. The molecule has 2 aromatic carbocycles. The van der Waals surface area contributed by atoms with Crippen molar-refractivity contribution in [3.8, 4) is 11.1 Å². The van der Waals surface area contributed by atoms with Crippen LogP contribution in [0.25, 0.3) is 11.1 Å². The fourth-order valence-electron chi connectivity index (χ4n) is 1.51. The van der Waals surface area contributed by atoms with E-state index in [1.54, 1.807) is 12.1 Å². The molecule has 0 unspecified atom stereocenters. The van der Waals surface area contributed by atoms with Gasteiger partial charge in [-0.15, -0.1) is 0 Å². The Morgan fingerprint density at radius 2 is 0.882 bits per heavy atom. The Hall–Kier alpha value is -2.07. The van der Waals surface area contributed by atoms with Crippen molar-refractivity contribution in [3.63, 3.8) is 0 Å². The highest BCUT2D eigenvalue weighted by molar-refractivity contribution is 5.78. The molecule has 90 valence electrons. The topological polar surface area (TPSA) is 104 Å². The van der Waals surface area contributed by atoms with E-state index in [1.165, 1.54) is 0 Å². The maximum atomic E-state index is 5.74. The number of benzene rings is 2. The van der Waals surface area contributed by atoms with Gasteiger partial charge in [-0.05, 0) is 35.4 Å². The van der Waals surface area contributed by atoms with Gasteiger partial charge in [0.2, 0.25) is 0 Å². The highest BCUT2D eigenvalue weighted by Crippen LogP contribution is 2.28. The van der Waals surface area contributed by atoms with Crippen molar-refractivity contribution < 1.29 is 12.4 Å².